The summed E-state index contributed by atoms with van der Waals surface area (Å²) >= 11 is 5.70. The Balaban J connectivity index is 2.14. The lowest BCUT2D eigenvalue weighted by Gasteiger charge is -2.42. The van der Waals surface area contributed by atoms with Crippen LogP contribution in [0.3, 0.4) is 0 Å². The third-order valence-electron chi connectivity index (χ3n) is 3.18. The van der Waals surface area contributed by atoms with E-state index in [1.807, 2.05) is 0 Å². The van der Waals surface area contributed by atoms with E-state index in [4.69, 9.17) is 16.3 Å². The molecule has 128 valence electrons. The topological polar surface area (TPSA) is 99.0 Å². The van der Waals surface area contributed by atoms with Crippen LogP contribution in [-0.4, -0.2) is 67.4 Å². The molecule has 1 aromatic rings. The molecule has 0 bridgehead atoms. The molecule has 1 saturated heterocycles. The number of rotatable bonds is 2. The normalized spacial score (nSPS) is 23.0. The number of aromatic nitrogens is 2. The van der Waals surface area contributed by atoms with Crippen molar-refractivity contribution in [1.29, 1.82) is 0 Å². The van der Waals surface area contributed by atoms with Gasteiger partial charge in [0.1, 0.15) is 11.7 Å². The number of hydrazine groups is 1. The summed E-state index contributed by atoms with van der Waals surface area (Å²) < 4.78 is 5.34. The summed E-state index contributed by atoms with van der Waals surface area (Å²) in [6.45, 7) is 5.52. The summed E-state index contributed by atoms with van der Waals surface area (Å²) in [6, 6.07) is 3.27. The van der Waals surface area contributed by atoms with E-state index in [9.17, 15) is 15.0 Å². The van der Waals surface area contributed by atoms with Crippen LogP contribution in [0.1, 0.15) is 26.5 Å². The average molecular weight is 345 g/mol. The number of carbonyl (C=O) groups is 1. The van der Waals surface area contributed by atoms with Crippen molar-refractivity contribution >= 4 is 17.7 Å². The van der Waals surface area contributed by atoms with Gasteiger partial charge in [-0.25, -0.2) is 14.8 Å². The first kappa shape index (κ1) is 17.9. The number of hydrogen-bond acceptors (Lipinski definition) is 7. The number of nitrogens with zero attached hydrogens (tertiary/aromatic N) is 4. The number of aliphatic hydroxyl groups is 2. The van der Waals surface area contributed by atoms with Crippen molar-refractivity contribution < 1.29 is 19.7 Å². The van der Waals surface area contributed by atoms with Gasteiger partial charge in [0.2, 0.25) is 0 Å². The minimum Gasteiger partial charge on any atom is -0.443 e. The molecular weight excluding hydrogens is 324 g/mol. The van der Waals surface area contributed by atoms with Crippen molar-refractivity contribution in [3.8, 4) is 0 Å². The van der Waals surface area contributed by atoms with Crippen LogP contribution >= 0.6 is 11.6 Å². The van der Waals surface area contributed by atoms with Crippen molar-refractivity contribution in [2.24, 2.45) is 0 Å². The Bertz CT molecular complexity index is 549. The fraction of sp³-hybridized carbons (Fsp3) is 0.643. The highest BCUT2D eigenvalue weighted by atomic mass is 35.5. The summed E-state index contributed by atoms with van der Waals surface area (Å²) in [5.41, 5.74) is -0.0873. The van der Waals surface area contributed by atoms with Crippen LogP contribution in [0.15, 0.2) is 12.1 Å². The summed E-state index contributed by atoms with van der Waals surface area (Å²) in [6.07, 6.45) is -2.59. The second kappa shape index (κ2) is 6.96. The van der Waals surface area contributed by atoms with E-state index in [0.717, 1.165) is 0 Å². The van der Waals surface area contributed by atoms with E-state index in [1.165, 1.54) is 5.01 Å². The minimum atomic E-state index is -1.03. The third-order valence-corrected chi connectivity index (χ3v) is 3.38. The second-order valence-corrected chi connectivity index (χ2v) is 6.78. The molecule has 1 fully saturated rings. The average Bonchev–Trinajstić information content (AvgIpc) is 2.43. The Labute approximate surface area is 139 Å². The fourth-order valence-electron chi connectivity index (χ4n) is 2.12. The predicted molar refractivity (Wildman–Crippen MR) is 82.4 cm³/mol. The lowest BCUT2D eigenvalue weighted by atomic mass is 10.1. The van der Waals surface area contributed by atoms with Gasteiger partial charge >= 0.3 is 6.09 Å². The molecule has 1 aromatic heterocycles. The zero-order chi connectivity index (χ0) is 17.2. The predicted octanol–water partition coefficient (Wildman–Crippen LogP) is 0.819. The number of ether oxygens (including phenoxy) is 1. The maximum absolute atomic E-state index is 12.3. The standard InChI is InChI=1S/C14H21ClN4O4/c1-14(2,3)23-13(22)19-8-11(21)10(20)7-18(19)6-9-4-5-12(15)17-16-9/h4-5,10-11,20-21H,6-8H2,1-3H3/t10-,11+/m0/s1. The van der Waals surface area contributed by atoms with E-state index >= 15 is 0 Å². The molecule has 0 unspecified atom stereocenters. The molecule has 23 heavy (non-hydrogen) atoms. The number of β-amino-alcohol motifs (C(OH)–C–C–N with tert-alkyl or cyclic N) is 2. The molecule has 1 amide bonds. The smallest absolute Gasteiger partial charge is 0.425 e. The van der Waals surface area contributed by atoms with Crippen molar-refractivity contribution in [1.82, 2.24) is 20.2 Å². The van der Waals surface area contributed by atoms with Crippen molar-refractivity contribution in [3.63, 3.8) is 0 Å². The molecule has 0 aliphatic carbocycles. The van der Waals surface area contributed by atoms with Gasteiger partial charge in [0, 0.05) is 6.54 Å². The molecule has 0 aromatic carbocycles. The van der Waals surface area contributed by atoms with Crippen LogP contribution in [0.25, 0.3) is 0 Å². The number of hydrogen-bond donors (Lipinski definition) is 2. The van der Waals surface area contributed by atoms with Crippen LogP contribution < -0.4 is 0 Å². The van der Waals surface area contributed by atoms with Gasteiger partial charge in [0.25, 0.3) is 0 Å². The molecule has 2 rings (SSSR count). The molecule has 0 radical (unpaired) electrons. The van der Waals surface area contributed by atoms with Crippen molar-refractivity contribution in [2.45, 2.75) is 45.1 Å². The lowest BCUT2D eigenvalue weighted by Crippen LogP contribution is -2.60. The first-order chi connectivity index (χ1) is 10.7. The first-order valence-electron chi connectivity index (χ1n) is 7.25. The zero-order valence-corrected chi connectivity index (χ0v) is 14.1. The lowest BCUT2D eigenvalue weighted by molar-refractivity contribution is -0.144. The van der Waals surface area contributed by atoms with Gasteiger partial charge in [-0.05, 0) is 32.9 Å². The van der Waals surface area contributed by atoms with Gasteiger partial charge in [-0.1, -0.05) is 11.6 Å². The summed E-state index contributed by atoms with van der Waals surface area (Å²) in [5.74, 6) is 0. The third kappa shape index (κ3) is 5.00. The van der Waals surface area contributed by atoms with Gasteiger partial charge in [0.05, 0.1) is 24.9 Å². The van der Waals surface area contributed by atoms with E-state index in [2.05, 4.69) is 10.2 Å². The van der Waals surface area contributed by atoms with Crippen LogP contribution in [0.2, 0.25) is 5.15 Å². The van der Waals surface area contributed by atoms with Gasteiger partial charge in [-0.3, -0.25) is 0 Å². The van der Waals surface area contributed by atoms with Gasteiger partial charge < -0.3 is 14.9 Å². The zero-order valence-electron chi connectivity index (χ0n) is 13.3. The number of aliphatic hydroxyl groups excluding tert-OH is 2. The van der Waals surface area contributed by atoms with E-state index < -0.39 is 23.9 Å². The number of halogens is 1. The highest BCUT2D eigenvalue weighted by molar-refractivity contribution is 6.29. The quantitative estimate of drug-likeness (QED) is 0.819. The molecule has 8 nitrogen and oxygen atoms in total. The van der Waals surface area contributed by atoms with E-state index in [1.54, 1.807) is 37.9 Å². The van der Waals surface area contributed by atoms with Crippen molar-refractivity contribution in [2.75, 3.05) is 13.1 Å². The van der Waals surface area contributed by atoms with Crippen molar-refractivity contribution in [3.05, 3.63) is 23.0 Å². The fourth-order valence-corrected chi connectivity index (χ4v) is 2.22. The highest BCUT2D eigenvalue weighted by Crippen LogP contribution is 2.19. The van der Waals surface area contributed by atoms with Crippen LogP contribution in [0, 0.1) is 0 Å². The van der Waals surface area contributed by atoms with Gasteiger partial charge in [-0.15, -0.1) is 5.10 Å². The Morgan fingerprint density at radius 1 is 1.30 bits per heavy atom. The molecule has 1 aliphatic rings. The van der Waals surface area contributed by atoms with Crippen LogP contribution in [0.4, 0.5) is 4.79 Å². The van der Waals surface area contributed by atoms with E-state index in [0.29, 0.717) is 5.69 Å². The molecule has 2 heterocycles. The molecule has 9 heteroatoms. The molecular formula is C14H21ClN4O4. The number of carbonyl (C=O) groups excluding carboxylic acids is 1. The Morgan fingerprint density at radius 3 is 2.52 bits per heavy atom. The number of amides is 1. The summed E-state index contributed by atoms with van der Waals surface area (Å²) in [4.78, 5) is 12.3. The Hall–Kier alpha value is -1.48. The maximum atomic E-state index is 12.3. The Morgan fingerprint density at radius 2 is 1.96 bits per heavy atom. The Kier molecular flexibility index (Phi) is 5.41. The molecule has 0 saturated carbocycles. The maximum Gasteiger partial charge on any atom is 0.425 e. The SMILES string of the molecule is CC(C)(C)OC(=O)N1C[C@@H](O)[C@@H](O)CN1Cc1ccc(Cl)nn1. The van der Waals surface area contributed by atoms with Gasteiger partial charge in [-0.2, -0.15) is 5.10 Å². The largest absolute Gasteiger partial charge is 0.443 e. The monoisotopic (exact) mass is 344 g/mol. The highest BCUT2D eigenvalue weighted by Gasteiger charge is 2.37. The summed E-state index contributed by atoms with van der Waals surface area (Å²) in [5, 5.41) is 30.5. The van der Waals surface area contributed by atoms with E-state index in [-0.39, 0.29) is 24.8 Å². The molecule has 0 spiro atoms. The minimum absolute atomic E-state index is 0.0584. The molecule has 2 N–H and O–H groups in total. The molecule has 1 aliphatic heterocycles. The van der Waals surface area contributed by atoms with Crippen LogP contribution in [-0.2, 0) is 11.3 Å². The first-order valence-corrected chi connectivity index (χ1v) is 7.63. The summed E-state index contributed by atoms with van der Waals surface area (Å²) in [7, 11) is 0. The van der Waals surface area contributed by atoms with Crippen LogP contribution in [0.5, 0.6) is 0 Å². The molecule has 2 atom stereocenters. The van der Waals surface area contributed by atoms with Gasteiger partial charge in [0.15, 0.2) is 5.15 Å². The second-order valence-electron chi connectivity index (χ2n) is 6.39.